The summed E-state index contributed by atoms with van der Waals surface area (Å²) in [6.07, 6.45) is -0.111. The highest BCUT2D eigenvalue weighted by Crippen LogP contribution is 2.24. The number of hydrogen-bond acceptors (Lipinski definition) is 5. The van der Waals surface area contributed by atoms with Crippen LogP contribution in [0.3, 0.4) is 0 Å². The van der Waals surface area contributed by atoms with E-state index in [-0.39, 0.29) is 18.7 Å². The summed E-state index contributed by atoms with van der Waals surface area (Å²) in [6, 6.07) is 17.2. The minimum atomic E-state index is -1.05. The Morgan fingerprint density at radius 3 is 2.49 bits per heavy atom. The number of aliphatic hydroxyl groups excluding tert-OH is 1. The van der Waals surface area contributed by atoms with Crippen molar-refractivity contribution in [2.75, 3.05) is 13.7 Å². The molecule has 0 aliphatic heterocycles. The number of carbonyl (C=O) groups is 1. The van der Waals surface area contributed by atoms with Crippen LogP contribution in [-0.2, 0) is 19.4 Å². The first kappa shape index (κ1) is 26.3. The fraction of sp³-hybridized carbons (Fsp3) is 0.276. The van der Waals surface area contributed by atoms with Crippen molar-refractivity contribution in [2.24, 2.45) is 0 Å². The predicted molar refractivity (Wildman–Crippen MR) is 138 cm³/mol. The SMILES string of the molecule is CCc1cccc(CNC[C@@H](O)[C@H](Cc2cc(F)cc(F)c2)NC(=O)c2cc3ccc(OC)cc3o2)c1. The minimum Gasteiger partial charge on any atom is -0.497 e. The van der Waals surface area contributed by atoms with Gasteiger partial charge in [0.05, 0.1) is 19.3 Å². The van der Waals surface area contributed by atoms with E-state index < -0.39 is 29.7 Å². The third-order valence-electron chi connectivity index (χ3n) is 6.19. The number of rotatable bonds is 11. The van der Waals surface area contributed by atoms with Gasteiger partial charge in [0.25, 0.3) is 5.91 Å². The van der Waals surface area contributed by atoms with Crippen LogP contribution in [-0.4, -0.2) is 36.8 Å². The molecule has 3 N–H and O–H groups in total. The molecule has 1 heterocycles. The van der Waals surface area contributed by atoms with E-state index in [1.165, 1.54) is 24.8 Å². The fourth-order valence-electron chi connectivity index (χ4n) is 4.22. The van der Waals surface area contributed by atoms with Crippen LogP contribution in [0.1, 0.15) is 34.2 Å². The van der Waals surface area contributed by atoms with Gasteiger partial charge in [-0.25, -0.2) is 8.78 Å². The number of aliphatic hydroxyl groups is 1. The number of aryl methyl sites for hydroxylation is 1. The summed E-state index contributed by atoms with van der Waals surface area (Å²) in [5.74, 6) is -1.36. The van der Waals surface area contributed by atoms with Gasteiger partial charge in [0, 0.05) is 30.6 Å². The van der Waals surface area contributed by atoms with Gasteiger partial charge in [0.15, 0.2) is 5.76 Å². The number of benzene rings is 3. The molecule has 8 heteroatoms. The molecule has 1 aromatic heterocycles. The van der Waals surface area contributed by atoms with Crippen LogP contribution in [0.4, 0.5) is 8.78 Å². The summed E-state index contributed by atoms with van der Waals surface area (Å²) in [4.78, 5) is 13.1. The second-order valence-corrected chi connectivity index (χ2v) is 8.95. The summed E-state index contributed by atoms with van der Waals surface area (Å²) in [5, 5.41) is 17.7. The van der Waals surface area contributed by atoms with Gasteiger partial charge in [-0.1, -0.05) is 31.2 Å². The third kappa shape index (κ3) is 6.93. The van der Waals surface area contributed by atoms with Gasteiger partial charge in [-0.15, -0.1) is 0 Å². The van der Waals surface area contributed by atoms with Crippen molar-refractivity contribution < 1.29 is 27.8 Å². The highest BCUT2D eigenvalue weighted by atomic mass is 19.1. The van der Waals surface area contributed by atoms with Crippen LogP contribution in [0.2, 0.25) is 0 Å². The Morgan fingerprint density at radius 2 is 1.76 bits per heavy atom. The van der Waals surface area contributed by atoms with Gasteiger partial charge in [-0.3, -0.25) is 4.79 Å². The molecule has 37 heavy (non-hydrogen) atoms. The molecular formula is C29H30F2N2O4. The second kappa shape index (κ2) is 12.0. The number of ether oxygens (including phenoxy) is 1. The lowest BCUT2D eigenvalue weighted by atomic mass is 10.00. The second-order valence-electron chi connectivity index (χ2n) is 8.95. The van der Waals surface area contributed by atoms with Crippen LogP contribution in [0.25, 0.3) is 11.0 Å². The highest BCUT2D eigenvalue weighted by molar-refractivity contribution is 5.96. The van der Waals surface area contributed by atoms with Crippen molar-refractivity contribution in [1.82, 2.24) is 10.6 Å². The summed E-state index contributed by atoms with van der Waals surface area (Å²) in [6.45, 7) is 2.75. The molecule has 0 saturated heterocycles. The number of carbonyl (C=O) groups excluding carboxylic acids is 1. The van der Waals surface area contributed by atoms with Gasteiger partial charge in [0.2, 0.25) is 0 Å². The van der Waals surface area contributed by atoms with Crippen LogP contribution in [0, 0.1) is 11.6 Å². The van der Waals surface area contributed by atoms with Gasteiger partial charge in [-0.05, 0) is 59.9 Å². The van der Waals surface area contributed by atoms with Crippen molar-refractivity contribution >= 4 is 16.9 Å². The van der Waals surface area contributed by atoms with E-state index in [9.17, 15) is 18.7 Å². The Morgan fingerprint density at radius 1 is 1.00 bits per heavy atom. The molecule has 0 bridgehead atoms. The average Bonchev–Trinajstić information content (AvgIpc) is 3.31. The number of nitrogens with one attached hydrogen (secondary N) is 2. The Hall–Kier alpha value is -3.75. The van der Waals surface area contributed by atoms with E-state index in [0.717, 1.165) is 18.1 Å². The molecule has 0 spiro atoms. The zero-order valence-corrected chi connectivity index (χ0v) is 20.8. The molecule has 4 aromatic rings. The molecule has 194 valence electrons. The number of fused-ring (bicyclic) bond motifs is 1. The number of halogens is 2. The van der Waals surface area contributed by atoms with E-state index in [1.54, 1.807) is 24.3 Å². The predicted octanol–water partition coefficient (Wildman–Crippen LogP) is 4.77. The molecule has 3 aromatic carbocycles. The van der Waals surface area contributed by atoms with Crippen LogP contribution in [0.15, 0.2) is 71.1 Å². The number of hydrogen-bond donors (Lipinski definition) is 3. The zero-order valence-electron chi connectivity index (χ0n) is 20.8. The molecule has 4 rings (SSSR count). The van der Waals surface area contributed by atoms with E-state index in [1.807, 2.05) is 12.1 Å². The molecule has 0 unspecified atom stereocenters. The lowest BCUT2D eigenvalue weighted by Crippen LogP contribution is -2.48. The molecule has 0 aliphatic rings. The molecule has 1 amide bonds. The van der Waals surface area contributed by atoms with Crippen LogP contribution in [0.5, 0.6) is 5.75 Å². The lowest BCUT2D eigenvalue weighted by Gasteiger charge is -2.24. The van der Waals surface area contributed by atoms with Crippen molar-refractivity contribution in [2.45, 2.75) is 38.5 Å². The standard InChI is InChI=1S/C29H30F2N2O4/c1-3-18-5-4-6-19(9-18)16-32-17-26(34)25(12-20-10-22(30)14-23(31)11-20)33-29(35)28-13-21-7-8-24(36-2)15-27(21)37-28/h4-11,13-15,25-26,32,34H,3,12,16-17H2,1-2H3,(H,33,35)/t25-,26+/m0/s1. The van der Waals surface area contributed by atoms with Crippen molar-refractivity contribution in [1.29, 1.82) is 0 Å². The van der Waals surface area contributed by atoms with E-state index in [2.05, 4.69) is 29.7 Å². The minimum absolute atomic E-state index is 0.0165. The first-order valence-electron chi connectivity index (χ1n) is 12.1. The van der Waals surface area contributed by atoms with Crippen molar-refractivity contribution in [3.8, 4) is 5.75 Å². The number of methoxy groups -OCH3 is 1. The van der Waals surface area contributed by atoms with E-state index in [0.29, 0.717) is 28.8 Å². The first-order chi connectivity index (χ1) is 17.8. The normalized spacial score (nSPS) is 12.9. The molecular weight excluding hydrogens is 478 g/mol. The Kier molecular flexibility index (Phi) is 8.53. The molecule has 2 atom stereocenters. The molecule has 0 radical (unpaired) electrons. The summed E-state index contributed by atoms with van der Waals surface area (Å²) < 4.78 is 38.5. The maximum absolute atomic E-state index is 13.8. The van der Waals surface area contributed by atoms with Crippen LogP contribution < -0.4 is 15.4 Å². The third-order valence-corrected chi connectivity index (χ3v) is 6.19. The van der Waals surface area contributed by atoms with Crippen LogP contribution >= 0.6 is 0 Å². The zero-order chi connectivity index (χ0) is 26.4. The fourth-order valence-corrected chi connectivity index (χ4v) is 4.22. The van der Waals surface area contributed by atoms with Crippen molar-refractivity contribution in [3.05, 3.63) is 101 Å². The first-order valence-corrected chi connectivity index (χ1v) is 12.1. The van der Waals surface area contributed by atoms with Crippen molar-refractivity contribution in [3.63, 3.8) is 0 Å². The number of furan rings is 1. The van der Waals surface area contributed by atoms with E-state index >= 15 is 0 Å². The Balaban J connectivity index is 1.49. The summed E-state index contributed by atoms with van der Waals surface area (Å²) >= 11 is 0. The van der Waals surface area contributed by atoms with Gasteiger partial charge >= 0.3 is 0 Å². The molecule has 6 nitrogen and oxygen atoms in total. The topological polar surface area (TPSA) is 83.7 Å². The molecule has 0 fully saturated rings. The Bertz CT molecular complexity index is 1350. The summed E-state index contributed by atoms with van der Waals surface area (Å²) in [7, 11) is 1.54. The van der Waals surface area contributed by atoms with Gasteiger partial charge in [-0.2, -0.15) is 0 Å². The maximum atomic E-state index is 13.8. The number of amides is 1. The maximum Gasteiger partial charge on any atom is 0.287 e. The molecule has 0 saturated carbocycles. The Labute approximate surface area is 214 Å². The van der Waals surface area contributed by atoms with E-state index in [4.69, 9.17) is 9.15 Å². The van der Waals surface area contributed by atoms with Gasteiger partial charge < -0.3 is 24.9 Å². The van der Waals surface area contributed by atoms with Gasteiger partial charge in [0.1, 0.15) is 23.0 Å². The monoisotopic (exact) mass is 508 g/mol. The largest absolute Gasteiger partial charge is 0.497 e. The average molecular weight is 509 g/mol. The highest BCUT2D eigenvalue weighted by Gasteiger charge is 2.24. The molecule has 0 aliphatic carbocycles. The summed E-state index contributed by atoms with van der Waals surface area (Å²) in [5.41, 5.74) is 3.07. The lowest BCUT2D eigenvalue weighted by molar-refractivity contribution is 0.0806. The smallest absolute Gasteiger partial charge is 0.287 e. The quantitative estimate of drug-likeness (QED) is 0.272.